The van der Waals surface area contributed by atoms with Crippen LogP contribution >= 0.6 is 35.6 Å². The van der Waals surface area contributed by atoms with Gasteiger partial charge >= 0.3 is 0 Å². The van der Waals surface area contributed by atoms with Crippen LogP contribution in [0.3, 0.4) is 0 Å². The van der Waals surface area contributed by atoms with Crippen LogP contribution < -0.4 is 10.6 Å². The summed E-state index contributed by atoms with van der Waals surface area (Å²) in [5.74, 6) is 0.809. The molecular weight excluding hydrogens is 515 g/mol. The third-order valence-corrected chi connectivity index (χ3v) is 4.79. The molecule has 1 heterocycles. The zero-order chi connectivity index (χ0) is 20.9. The van der Waals surface area contributed by atoms with Crippen molar-refractivity contribution < 1.29 is 4.74 Å². The van der Waals surface area contributed by atoms with Gasteiger partial charge in [-0.1, -0.05) is 23.7 Å². The van der Waals surface area contributed by atoms with Gasteiger partial charge in [0, 0.05) is 57.3 Å². The summed E-state index contributed by atoms with van der Waals surface area (Å²) in [4.78, 5) is 7.09. The van der Waals surface area contributed by atoms with Crippen LogP contribution in [0, 0.1) is 0 Å². The highest BCUT2D eigenvalue weighted by Crippen LogP contribution is 2.20. The molecule has 2 N–H and O–H groups in total. The number of aromatic nitrogens is 2. The molecule has 0 aliphatic heterocycles. The number of hydrogen-bond donors (Lipinski definition) is 2. The molecular formula is C21H34ClIN6O. The van der Waals surface area contributed by atoms with Gasteiger partial charge in [0.2, 0.25) is 0 Å². The van der Waals surface area contributed by atoms with Crippen molar-refractivity contribution in [1.82, 2.24) is 25.3 Å². The number of methoxy groups -OCH3 is 1. The first-order chi connectivity index (χ1) is 14.1. The number of nitrogens with zero attached hydrogens (tertiary/aromatic N) is 4. The predicted octanol–water partition coefficient (Wildman–Crippen LogP) is 3.27. The van der Waals surface area contributed by atoms with Crippen molar-refractivity contribution >= 4 is 41.5 Å². The molecule has 9 heteroatoms. The Kier molecular flexibility index (Phi) is 13.7. The molecule has 2 aromatic rings. The molecule has 7 nitrogen and oxygen atoms in total. The summed E-state index contributed by atoms with van der Waals surface area (Å²) in [5, 5.41) is 11.9. The first-order valence-electron chi connectivity index (χ1n) is 10.1. The zero-order valence-corrected chi connectivity index (χ0v) is 21.1. The number of nitrogens with one attached hydrogen (secondary N) is 2. The van der Waals surface area contributed by atoms with Gasteiger partial charge in [-0.05, 0) is 44.2 Å². The van der Waals surface area contributed by atoms with Crippen molar-refractivity contribution in [3.05, 3.63) is 53.3 Å². The van der Waals surface area contributed by atoms with Gasteiger partial charge in [-0.25, -0.2) is 0 Å². The van der Waals surface area contributed by atoms with Gasteiger partial charge in [0.15, 0.2) is 5.96 Å². The number of rotatable bonds is 12. The highest BCUT2D eigenvalue weighted by Gasteiger charge is 2.14. The Morgan fingerprint density at radius 1 is 1.27 bits per heavy atom. The summed E-state index contributed by atoms with van der Waals surface area (Å²) in [5.41, 5.74) is 1.12. The standard InChI is InChI=1S/C21H33ClN6O.HI/c1-4-23-21(24-12-15-27(2)13-6-16-29-3)25-17-20(28-14-5-11-26-28)18-7-9-19(22)10-8-18;/h5,7-11,14,20H,4,6,12-13,15-17H2,1-3H3,(H2,23,24,25);1H. The largest absolute Gasteiger partial charge is 0.385 e. The fourth-order valence-corrected chi connectivity index (χ4v) is 3.09. The van der Waals surface area contributed by atoms with Gasteiger partial charge in [-0.15, -0.1) is 24.0 Å². The second-order valence-corrected chi connectivity index (χ2v) is 7.29. The molecule has 0 amide bonds. The maximum Gasteiger partial charge on any atom is 0.191 e. The number of likely N-dealkylation sites (N-methyl/N-ethyl adjacent to an activating group) is 1. The van der Waals surface area contributed by atoms with E-state index in [9.17, 15) is 0 Å². The Balaban J connectivity index is 0.00000450. The van der Waals surface area contributed by atoms with Crippen LogP contribution in [-0.2, 0) is 4.74 Å². The van der Waals surface area contributed by atoms with Gasteiger partial charge in [0.25, 0.3) is 0 Å². The molecule has 0 aliphatic rings. The SMILES string of the molecule is CCNC(=NCC(c1ccc(Cl)cc1)n1cccn1)NCCN(C)CCCOC.I. The van der Waals surface area contributed by atoms with E-state index in [0.717, 1.165) is 55.8 Å². The Hall–Kier alpha value is -1.36. The fraction of sp³-hybridized carbons (Fsp3) is 0.524. The molecule has 1 atom stereocenters. The van der Waals surface area contributed by atoms with Gasteiger partial charge in [0.05, 0.1) is 12.6 Å². The highest BCUT2D eigenvalue weighted by molar-refractivity contribution is 14.0. The first kappa shape index (κ1) is 26.7. The molecule has 1 unspecified atom stereocenters. The molecule has 30 heavy (non-hydrogen) atoms. The van der Waals surface area contributed by atoms with E-state index in [1.165, 1.54) is 0 Å². The fourth-order valence-electron chi connectivity index (χ4n) is 2.97. The Morgan fingerprint density at radius 3 is 2.67 bits per heavy atom. The van der Waals surface area contributed by atoms with Gasteiger partial charge in [0.1, 0.15) is 0 Å². The molecule has 0 spiro atoms. The maximum absolute atomic E-state index is 6.05. The summed E-state index contributed by atoms with van der Waals surface area (Å²) in [7, 11) is 3.86. The lowest BCUT2D eigenvalue weighted by Crippen LogP contribution is -2.41. The van der Waals surface area contributed by atoms with Crippen molar-refractivity contribution in [2.75, 3.05) is 53.5 Å². The first-order valence-corrected chi connectivity index (χ1v) is 10.5. The van der Waals surface area contributed by atoms with Crippen LogP contribution in [0.5, 0.6) is 0 Å². The van der Waals surface area contributed by atoms with E-state index in [0.29, 0.717) is 6.54 Å². The molecule has 0 saturated heterocycles. The average Bonchev–Trinajstić information content (AvgIpc) is 3.24. The maximum atomic E-state index is 6.05. The number of halogens is 2. The monoisotopic (exact) mass is 548 g/mol. The van der Waals surface area contributed by atoms with E-state index in [-0.39, 0.29) is 30.0 Å². The number of aliphatic imine (C=N–C) groups is 1. The average molecular weight is 549 g/mol. The van der Waals surface area contributed by atoms with Crippen LogP contribution in [0.25, 0.3) is 0 Å². The lowest BCUT2D eigenvalue weighted by Gasteiger charge is -2.19. The third-order valence-electron chi connectivity index (χ3n) is 4.54. The van der Waals surface area contributed by atoms with Crippen molar-refractivity contribution in [3.8, 4) is 0 Å². The number of ether oxygens (including phenoxy) is 1. The van der Waals surface area contributed by atoms with Crippen molar-refractivity contribution in [2.45, 2.75) is 19.4 Å². The summed E-state index contributed by atoms with van der Waals surface area (Å²) < 4.78 is 7.04. The second-order valence-electron chi connectivity index (χ2n) is 6.85. The summed E-state index contributed by atoms with van der Waals surface area (Å²) in [6.45, 7) is 7.02. The molecule has 2 rings (SSSR count). The lowest BCUT2D eigenvalue weighted by atomic mass is 10.1. The smallest absolute Gasteiger partial charge is 0.191 e. The van der Waals surface area contributed by atoms with Crippen LogP contribution in [0.1, 0.15) is 24.9 Å². The minimum Gasteiger partial charge on any atom is -0.385 e. The van der Waals surface area contributed by atoms with E-state index < -0.39 is 0 Å². The molecule has 0 saturated carbocycles. The summed E-state index contributed by atoms with van der Waals surface area (Å²) in [6.07, 6.45) is 4.79. The topological polar surface area (TPSA) is 66.7 Å². The molecule has 0 fully saturated rings. The molecule has 0 bridgehead atoms. The van der Waals surface area contributed by atoms with Crippen molar-refractivity contribution in [3.63, 3.8) is 0 Å². The normalized spacial score (nSPS) is 12.5. The predicted molar refractivity (Wildman–Crippen MR) is 135 cm³/mol. The van der Waals surface area contributed by atoms with Crippen molar-refractivity contribution in [1.29, 1.82) is 0 Å². The Bertz CT molecular complexity index is 711. The molecule has 1 aromatic heterocycles. The number of hydrogen-bond acceptors (Lipinski definition) is 4. The quantitative estimate of drug-likeness (QED) is 0.184. The summed E-state index contributed by atoms with van der Waals surface area (Å²) in [6, 6.07) is 9.79. The van der Waals surface area contributed by atoms with E-state index in [1.807, 2.05) is 41.2 Å². The zero-order valence-electron chi connectivity index (χ0n) is 18.1. The van der Waals surface area contributed by atoms with Crippen LogP contribution in [0.2, 0.25) is 5.02 Å². The number of benzene rings is 1. The minimum absolute atomic E-state index is 0. The molecule has 0 radical (unpaired) electrons. The van der Waals surface area contributed by atoms with Gasteiger partial charge in [-0.3, -0.25) is 9.67 Å². The van der Waals surface area contributed by atoms with E-state index in [1.54, 1.807) is 13.3 Å². The van der Waals surface area contributed by atoms with E-state index in [2.05, 4.69) is 34.6 Å². The second kappa shape index (κ2) is 15.4. The molecule has 1 aromatic carbocycles. The Labute approximate surface area is 202 Å². The van der Waals surface area contributed by atoms with E-state index in [4.69, 9.17) is 21.3 Å². The van der Waals surface area contributed by atoms with Crippen LogP contribution in [0.15, 0.2) is 47.7 Å². The highest BCUT2D eigenvalue weighted by atomic mass is 127. The van der Waals surface area contributed by atoms with E-state index >= 15 is 0 Å². The molecule has 168 valence electrons. The minimum atomic E-state index is 0. The summed E-state index contributed by atoms with van der Waals surface area (Å²) >= 11 is 6.05. The third kappa shape index (κ3) is 9.63. The van der Waals surface area contributed by atoms with Gasteiger partial charge < -0.3 is 20.3 Å². The van der Waals surface area contributed by atoms with Crippen LogP contribution in [0.4, 0.5) is 0 Å². The van der Waals surface area contributed by atoms with Crippen LogP contribution in [-0.4, -0.2) is 74.1 Å². The number of guanidine groups is 1. The lowest BCUT2D eigenvalue weighted by molar-refractivity contribution is 0.180. The Morgan fingerprint density at radius 2 is 2.03 bits per heavy atom. The van der Waals surface area contributed by atoms with Gasteiger partial charge in [-0.2, -0.15) is 5.10 Å². The molecule has 0 aliphatic carbocycles. The van der Waals surface area contributed by atoms with Crippen molar-refractivity contribution in [2.24, 2.45) is 4.99 Å².